The molecule has 1 saturated heterocycles. The Balaban J connectivity index is 2.01. The van der Waals surface area contributed by atoms with Gasteiger partial charge in [0.2, 0.25) is 0 Å². The van der Waals surface area contributed by atoms with Crippen molar-refractivity contribution in [1.82, 2.24) is 0 Å². The SMILES string of the molecule is CCC#C[C@@H]1OC(C)(C)O[C@@H]1CO[Si](c1ccccc1)(c1ccccc1)C(C)(C)C. The molecule has 0 bridgehead atoms. The lowest BCUT2D eigenvalue weighted by Crippen LogP contribution is -2.67. The highest BCUT2D eigenvalue weighted by molar-refractivity contribution is 6.99. The summed E-state index contributed by atoms with van der Waals surface area (Å²) in [6.45, 7) is 13.2. The fourth-order valence-corrected chi connectivity index (χ4v) is 8.82. The zero-order chi connectivity index (χ0) is 21.8. The summed E-state index contributed by atoms with van der Waals surface area (Å²) in [4.78, 5) is 0. The van der Waals surface area contributed by atoms with Crippen LogP contribution in [-0.2, 0) is 13.9 Å². The molecule has 0 unspecified atom stereocenters. The van der Waals surface area contributed by atoms with Crippen molar-refractivity contribution in [2.75, 3.05) is 6.61 Å². The van der Waals surface area contributed by atoms with Gasteiger partial charge in [-0.15, -0.1) is 5.92 Å². The topological polar surface area (TPSA) is 27.7 Å². The Hall–Kier alpha value is -1.90. The Kier molecular flexibility index (Phi) is 6.89. The standard InChI is InChI=1S/C26H34O3Si/c1-7-8-19-23-24(29-26(5,6)28-23)20-27-30(25(2,3)4,21-15-11-9-12-16-21)22-17-13-10-14-18-22/h9-18,23-24H,7,20H2,1-6H3/t23-,24+/m0/s1. The number of rotatable bonds is 5. The molecule has 30 heavy (non-hydrogen) atoms. The molecule has 1 heterocycles. The highest BCUT2D eigenvalue weighted by atomic mass is 28.4. The molecule has 0 saturated carbocycles. The van der Waals surface area contributed by atoms with E-state index in [1.807, 2.05) is 20.8 Å². The summed E-state index contributed by atoms with van der Waals surface area (Å²) in [5, 5.41) is 2.45. The Labute approximate surface area is 182 Å². The van der Waals surface area contributed by atoms with Gasteiger partial charge in [0.15, 0.2) is 5.79 Å². The van der Waals surface area contributed by atoms with E-state index >= 15 is 0 Å². The van der Waals surface area contributed by atoms with Crippen molar-refractivity contribution in [3.8, 4) is 11.8 Å². The Morgan fingerprint density at radius 1 is 0.933 bits per heavy atom. The van der Waals surface area contributed by atoms with Crippen molar-refractivity contribution in [1.29, 1.82) is 0 Å². The first-order chi connectivity index (χ1) is 14.2. The monoisotopic (exact) mass is 422 g/mol. The zero-order valence-corrected chi connectivity index (χ0v) is 20.1. The minimum absolute atomic E-state index is 0.0741. The second kappa shape index (κ2) is 9.07. The summed E-state index contributed by atoms with van der Waals surface area (Å²) < 4.78 is 19.3. The van der Waals surface area contributed by atoms with Crippen LogP contribution in [0.3, 0.4) is 0 Å². The minimum atomic E-state index is -2.61. The van der Waals surface area contributed by atoms with Crippen molar-refractivity contribution < 1.29 is 13.9 Å². The number of hydrogen-bond donors (Lipinski definition) is 0. The van der Waals surface area contributed by atoms with Crippen LogP contribution in [0.5, 0.6) is 0 Å². The molecule has 2 atom stereocenters. The van der Waals surface area contributed by atoms with Gasteiger partial charge < -0.3 is 13.9 Å². The summed E-state index contributed by atoms with van der Waals surface area (Å²) in [5.74, 6) is 5.72. The first-order valence-corrected chi connectivity index (χ1v) is 12.7. The molecule has 3 nitrogen and oxygen atoms in total. The van der Waals surface area contributed by atoms with Crippen LogP contribution in [0.2, 0.25) is 5.04 Å². The van der Waals surface area contributed by atoms with Crippen molar-refractivity contribution in [2.45, 2.75) is 71.0 Å². The van der Waals surface area contributed by atoms with E-state index in [1.165, 1.54) is 10.4 Å². The van der Waals surface area contributed by atoms with Crippen molar-refractivity contribution in [3.63, 3.8) is 0 Å². The van der Waals surface area contributed by atoms with Crippen LogP contribution in [0, 0.1) is 11.8 Å². The van der Waals surface area contributed by atoms with Gasteiger partial charge in [-0.1, -0.05) is 94.3 Å². The van der Waals surface area contributed by atoms with Crippen LogP contribution in [0.25, 0.3) is 0 Å². The maximum atomic E-state index is 7.02. The van der Waals surface area contributed by atoms with E-state index in [4.69, 9.17) is 13.9 Å². The second-order valence-electron chi connectivity index (χ2n) is 9.24. The van der Waals surface area contributed by atoms with Gasteiger partial charge in [0.05, 0.1) is 6.61 Å². The summed E-state index contributed by atoms with van der Waals surface area (Å²) >= 11 is 0. The lowest BCUT2D eigenvalue weighted by Gasteiger charge is -2.43. The molecular formula is C26H34O3Si. The van der Waals surface area contributed by atoms with E-state index in [-0.39, 0.29) is 17.2 Å². The molecule has 160 valence electrons. The Morgan fingerprint density at radius 3 is 1.93 bits per heavy atom. The fourth-order valence-electron chi connectivity index (χ4n) is 4.25. The smallest absolute Gasteiger partial charge is 0.261 e. The van der Waals surface area contributed by atoms with E-state index < -0.39 is 14.1 Å². The van der Waals surface area contributed by atoms with Crippen molar-refractivity contribution >= 4 is 18.7 Å². The fraction of sp³-hybridized carbons (Fsp3) is 0.462. The molecule has 1 aliphatic rings. The summed E-state index contributed by atoms with van der Waals surface area (Å²) in [5.41, 5.74) is 0. The third-order valence-electron chi connectivity index (χ3n) is 5.49. The molecule has 2 aromatic carbocycles. The molecule has 0 aliphatic carbocycles. The van der Waals surface area contributed by atoms with Crippen molar-refractivity contribution in [3.05, 3.63) is 60.7 Å². The zero-order valence-electron chi connectivity index (χ0n) is 19.1. The Bertz CT molecular complexity index is 836. The van der Waals surface area contributed by atoms with Gasteiger partial charge in [-0.2, -0.15) is 0 Å². The predicted octanol–water partition coefficient (Wildman–Crippen LogP) is 4.50. The van der Waals surface area contributed by atoms with Crippen LogP contribution in [0.15, 0.2) is 60.7 Å². The third kappa shape index (κ3) is 4.71. The van der Waals surface area contributed by atoms with E-state index in [0.29, 0.717) is 6.61 Å². The molecule has 2 aromatic rings. The van der Waals surface area contributed by atoms with Crippen LogP contribution >= 0.6 is 0 Å². The van der Waals surface area contributed by atoms with Gasteiger partial charge in [0.1, 0.15) is 12.2 Å². The van der Waals surface area contributed by atoms with E-state index in [0.717, 1.165) is 6.42 Å². The van der Waals surface area contributed by atoms with E-state index in [9.17, 15) is 0 Å². The lowest BCUT2D eigenvalue weighted by atomic mass is 10.2. The molecule has 0 N–H and O–H groups in total. The van der Waals surface area contributed by atoms with Gasteiger partial charge in [0.25, 0.3) is 8.32 Å². The molecular weight excluding hydrogens is 388 g/mol. The van der Waals surface area contributed by atoms with E-state index in [1.54, 1.807) is 0 Å². The van der Waals surface area contributed by atoms with Gasteiger partial charge in [-0.3, -0.25) is 0 Å². The molecule has 1 aliphatic heterocycles. The highest BCUT2D eigenvalue weighted by Gasteiger charge is 2.51. The number of benzene rings is 2. The lowest BCUT2D eigenvalue weighted by molar-refractivity contribution is -0.145. The van der Waals surface area contributed by atoms with Crippen LogP contribution in [0.1, 0.15) is 48.0 Å². The van der Waals surface area contributed by atoms with Crippen LogP contribution < -0.4 is 10.4 Å². The molecule has 0 spiro atoms. The Morgan fingerprint density at radius 2 is 1.47 bits per heavy atom. The summed E-state index contributed by atoms with van der Waals surface area (Å²) in [6, 6.07) is 21.3. The first kappa shape index (κ1) is 22.8. The largest absolute Gasteiger partial charge is 0.405 e. The summed E-state index contributed by atoms with van der Waals surface area (Å²) in [7, 11) is -2.61. The maximum Gasteiger partial charge on any atom is 0.261 e. The molecule has 3 rings (SSSR count). The van der Waals surface area contributed by atoms with E-state index in [2.05, 4.69) is 93.3 Å². The van der Waals surface area contributed by atoms with Gasteiger partial charge >= 0.3 is 0 Å². The quantitative estimate of drug-likeness (QED) is 0.525. The number of hydrogen-bond acceptors (Lipinski definition) is 3. The van der Waals surface area contributed by atoms with Crippen molar-refractivity contribution in [2.24, 2.45) is 0 Å². The molecule has 4 heteroatoms. The molecule has 1 fully saturated rings. The van der Waals surface area contributed by atoms with Gasteiger partial charge in [-0.25, -0.2) is 0 Å². The maximum absolute atomic E-state index is 7.02. The average Bonchev–Trinajstić information content (AvgIpc) is 3.01. The van der Waals surface area contributed by atoms with Gasteiger partial charge in [-0.05, 0) is 29.3 Å². The normalized spacial score (nSPS) is 21.1. The van der Waals surface area contributed by atoms with Crippen LogP contribution in [-0.4, -0.2) is 32.9 Å². The minimum Gasteiger partial charge on any atom is -0.405 e. The third-order valence-corrected chi connectivity index (χ3v) is 10.5. The highest BCUT2D eigenvalue weighted by Crippen LogP contribution is 2.38. The average molecular weight is 423 g/mol. The predicted molar refractivity (Wildman–Crippen MR) is 125 cm³/mol. The molecule has 0 radical (unpaired) electrons. The van der Waals surface area contributed by atoms with Crippen LogP contribution in [0.4, 0.5) is 0 Å². The molecule has 0 amide bonds. The van der Waals surface area contributed by atoms with Gasteiger partial charge in [0, 0.05) is 6.42 Å². The molecule has 0 aromatic heterocycles. The summed E-state index contributed by atoms with van der Waals surface area (Å²) in [6.07, 6.45) is 0.293. The second-order valence-corrected chi connectivity index (χ2v) is 13.5. The number of ether oxygens (including phenoxy) is 2. The first-order valence-electron chi connectivity index (χ1n) is 10.8.